The molecule has 0 unspecified atom stereocenters. The van der Waals surface area contributed by atoms with E-state index in [1.807, 2.05) is 0 Å². The van der Waals surface area contributed by atoms with Gasteiger partial charge in [0.2, 0.25) is 5.91 Å². The Bertz CT molecular complexity index is 631. The third kappa shape index (κ3) is 4.86. The summed E-state index contributed by atoms with van der Waals surface area (Å²) >= 11 is 2.33. The second-order valence-corrected chi connectivity index (χ2v) is 7.98. The van der Waals surface area contributed by atoms with Crippen molar-refractivity contribution in [3.05, 3.63) is 27.8 Å². The van der Waals surface area contributed by atoms with Crippen LogP contribution in [0.5, 0.6) is 0 Å². The van der Waals surface area contributed by atoms with Crippen molar-refractivity contribution in [1.82, 2.24) is 20.2 Å². The summed E-state index contributed by atoms with van der Waals surface area (Å²) in [6.45, 7) is 6.15. The highest BCUT2D eigenvalue weighted by Gasteiger charge is 2.28. The number of unbranched alkanes of at least 4 members (excludes halogenated alkanes) is 1. The van der Waals surface area contributed by atoms with Crippen molar-refractivity contribution in [3.8, 4) is 0 Å². The molecule has 26 heavy (non-hydrogen) atoms. The van der Waals surface area contributed by atoms with E-state index >= 15 is 0 Å². The van der Waals surface area contributed by atoms with E-state index in [-0.39, 0.29) is 18.5 Å². The molecule has 3 rings (SSSR count). The SMILES string of the molecule is CN1C(=O)CNN(CCCCN2CCN(c3ccc(I)cc3)CC2)C1=O. The van der Waals surface area contributed by atoms with E-state index in [1.165, 1.54) is 21.2 Å². The second kappa shape index (κ2) is 9.01. The molecule has 7 nitrogen and oxygen atoms in total. The zero-order chi connectivity index (χ0) is 18.5. The minimum absolute atomic E-state index is 0.183. The fourth-order valence-corrected chi connectivity index (χ4v) is 3.66. The van der Waals surface area contributed by atoms with E-state index in [0.717, 1.165) is 45.6 Å². The fourth-order valence-electron chi connectivity index (χ4n) is 3.30. The van der Waals surface area contributed by atoms with Gasteiger partial charge in [-0.2, -0.15) is 0 Å². The molecule has 2 fully saturated rings. The molecule has 0 aliphatic carbocycles. The van der Waals surface area contributed by atoms with E-state index in [2.05, 4.69) is 62.1 Å². The van der Waals surface area contributed by atoms with Gasteiger partial charge < -0.3 is 4.90 Å². The van der Waals surface area contributed by atoms with Gasteiger partial charge in [-0.15, -0.1) is 0 Å². The van der Waals surface area contributed by atoms with Crippen LogP contribution in [-0.4, -0.2) is 79.6 Å². The molecule has 0 spiro atoms. The topological polar surface area (TPSA) is 59.1 Å². The summed E-state index contributed by atoms with van der Waals surface area (Å²) in [5, 5.41) is 1.55. The molecular weight excluding hydrogens is 445 g/mol. The number of nitrogens with zero attached hydrogens (tertiary/aromatic N) is 4. The Labute approximate surface area is 168 Å². The molecule has 2 heterocycles. The first kappa shape index (κ1) is 19.4. The summed E-state index contributed by atoms with van der Waals surface area (Å²) < 4.78 is 1.27. The summed E-state index contributed by atoms with van der Waals surface area (Å²) in [6.07, 6.45) is 1.98. The summed E-state index contributed by atoms with van der Waals surface area (Å²) in [5.74, 6) is -0.183. The maximum Gasteiger partial charge on any atom is 0.340 e. The average molecular weight is 471 g/mol. The van der Waals surface area contributed by atoms with E-state index < -0.39 is 0 Å². The largest absolute Gasteiger partial charge is 0.369 e. The number of likely N-dealkylation sites (N-methyl/N-ethyl adjacent to an activating group) is 1. The number of halogens is 1. The van der Waals surface area contributed by atoms with Gasteiger partial charge in [-0.05, 0) is 66.2 Å². The van der Waals surface area contributed by atoms with Crippen LogP contribution in [0.2, 0.25) is 0 Å². The van der Waals surface area contributed by atoms with E-state index in [4.69, 9.17) is 0 Å². The van der Waals surface area contributed by atoms with Gasteiger partial charge in [-0.25, -0.2) is 10.2 Å². The van der Waals surface area contributed by atoms with Crippen LogP contribution >= 0.6 is 22.6 Å². The maximum absolute atomic E-state index is 12.0. The highest BCUT2D eigenvalue weighted by atomic mass is 127. The molecule has 2 aliphatic heterocycles. The predicted molar refractivity (Wildman–Crippen MR) is 110 cm³/mol. The first-order chi connectivity index (χ1) is 12.5. The van der Waals surface area contributed by atoms with E-state index in [0.29, 0.717) is 6.54 Å². The van der Waals surface area contributed by atoms with Crippen LogP contribution in [-0.2, 0) is 4.79 Å². The van der Waals surface area contributed by atoms with Crippen molar-refractivity contribution in [1.29, 1.82) is 0 Å². The molecule has 2 saturated heterocycles. The number of anilines is 1. The number of urea groups is 1. The maximum atomic E-state index is 12.0. The van der Waals surface area contributed by atoms with Crippen molar-refractivity contribution in [2.45, 2.75) is 12.8 Å². The molecule has 3 amide bonds. The van der Waals surface area contributed by atoms with Crippen LogP contribution < -0.4 is 10.3 Å². The Morgan fingerprint density at radius 3 is 2.35 bits per heavy atom. The van der Waals surface area contributed by atoms with Crippen molar-refractivity contribution < 1.29 is 9.59 Å². The Balaban J connectivity index is 1.33. The minimum Gasteiger partial charge on any atom is -0.369 e. The van der Waals surface area contributed by atoms with Gasteiger partial charge >= 0.3 is 6.03 Å². The van der Waals surface area contributed by atoms with Gasteiger partial charge in [0.1, 0.15) is 0 Å². The summed E-state index contributed by atoms with van der Waals surface area (Å²) in [4.78, 5) is 29.5. The number of rotatable bonds is 6. The molecule has 0 saturated carbocycles. The lowest BCUT2D eigenvalue weighted by Crippen LogP contribution is -2.59. The molecule has 2 aliphatic rings. The normalized spacial score (nSPS) is 19.4. The van der Waals surface area contributed by atoms with E-state index in [9.17, 15) is 9.59 Å². The van der Waals surface area contributed by atoms with Gasteiger partial charge in [0.05, 0.1) is 6.54 Å². The number of nitrogens with one attached hydrogen (secondary N) is 1. The third-order valence-corrected chi connectivity index (χ3v) is 5.70. The number of hydrogen-bond acceptors (Lipinski definition) is 5. The lowest BCUT2D eigenvalue weighted by molar-refractivity contribution is -0.130. The Morgan fingerprint density at radius 2 is 1.65 bits per heavy atom. The number of imide groups is 1. The van der Waals surface area contributed by atoms with Crippen LogP contribution in [0.25, 0.3) is 0 Å². The van der Waals surface area contributed by atoms with Crippen LogP contribution in [0.4, 0.5) is 10.5 Å². The van der Waals surface area contributed by atoms with Gasteiger partial charge in [-0.3, -0.25) is 19.6 Å². The smallest absolute Gasteiger partial charge is 0.340 e. The van der Waals surface area contributed by atoms with Gasteiger partial charge in [0.25, 0.3) is 0 Å². The number of hydrogen-bond donors (Lipinski definition) is 1. The first-order valence-corrected chi connectivity index (χ1v) is 10.2. The van der Waals surface area contributed by atoms with Crippen LogP contribution in [0.3, 0.4) is 0 Å². The molecule has 0 atom stereocenters. The zero-order valence-corrected chi connectivity index (χ0v) is 17.3. The quantitative estimate of drug-likeness (QED) is 0.505. The first-order valence-electron chi connectivity index (χ1n) is 9.09. The number of piperazine rings is 1. The number of benzene rings is 1. The molecule has 1 aromatic carbocycles. The molecule has 142 valence electrons. The van der Waals surface area contributed by atoms with Crippen LogP contribution in [0.15, 0.2) is 24.3 Å². The highest BCUT2D eigenvalue weighted by Crippen LogP contribution is 2.18. The van der Waals surface area contributed by atoms with Crippen LogP contribution in [0.1, 0.15) is 12.8 Å². The lowest BCUT2D eigenvalue weighted by Gasteiger charge is -2.36. The summed E-state index contributed by atoms with van der Waals surface area (Å²) in [7, 11) is 1.53. The minimum atomic E-state index is -0.257. The fraction of sp³-hybridized carbons (Fsp3) is 0.556. The molecule has 0 radical (unpaired) electrons. The molecule has 1 N–H and O–H groups in total. The van der Waals surface area contributed by atoms with Gasteiger partial charge in [0.15, 0.2) is 0 Å². The molecular formula is C18H26IN5O2. The van der Waals surface area contributed by atoms with Crippen molar-refractivity contribution in [2.75, 3.05) is 57.8 Å². The zero-order valence-electron chi connectivity index (χ0n) is 15.2. The summed E-state index contributed by atoms with van der Waals surface area (Å²) in [5.41, 5.74) is 4.19. The monoisotopic (exact) mass is 471 g/mol. The molecule has 0 bridgehead atoms. The predicted octanol–water partition coefficient (Wildman–Crippen LogP) is 1.59. The Hall–Kier alpha value is -1.39. The average Bonchev–Trinajstić information content (AvgIpc) is 2.66. The number of carbonyl (C=O) groups is 2. The second-order valence-electron chi connectivity index (χ2n) is 6.73. The standard InChI is InChI=1S/C18H26IN5O2/c1-21-17(25)14-20-24(18(21)26)9-3-2-8-22-10-12-23(13-11-22)16-6-4-15(19)5-7-16/h4-7,20H,2-3,8-14H2,1H3. The molecule has 0 aromatic heterocycles. The lowest BCUT2D eigenvalue weighted by atomic mass is 10.2. The van der Waals surface area contributed by atoms with Gasteiger partial charge in [-0.1, -0.05) is 0 Å². The molecule has 1 aromatic rings. The van der Waals surface area contributed by atoms with Gasteiger partial charge in [0, 0.05) is 49.0 Å². The molecule has 8 heteroatoms. The third-order valence-electron chi connectivity index (χ3n) is 4.98. The van der Waals surface area contributed by atoms with E-state index in [1.54, 1.807) is 5.01 Å². The van der Waals surface area contributed by atoms with Crippen LogP contribution in [0, 0.1) is 3.57 Å². The number of amides is 3. The Kier molecular flexibility index (Phi) is 6.71. The summed E-state index contributed by atoms with van der Waals surface area (Å²) in [6, 6.07) is 8.45. The van der Waals surface area contributed by atoms with Crippen molar-refractivity contribution >= 4 is 40.2 Å². The van der Waals surface area contributed by atoms with Crippen molar-refractivity contribution in [3.63, 3.8) is 0 Å². The Morgan fingerprint density at radius 1 is 1.00 bits per heavy atom. The number of hydrazine groups is 1. The number of carbonyl (C=O) groups excluding carboxylic acids is 2. The highest BCUT2D eigenvalue weighted by molar-refractivity contribution is 14.1. The van der Waals surface area contributed by atoms with Crippen molar-refractivity contribution in [2.24, 2.45) is 0 Å².